The van der Waals surface area contributed by atoms with E-state index in [1.54, 1.807) is 7.05 Å². The van der Waals surface area contributed by atoms with Gasteiger partial charge in [-0.2, -0.15) is 0 Å². The molecule has 1 amide bonds. The average Bonchev–Trinajstić information content (AvgIpc) is 2.67. The van der Waals surface area contributed by atoms with Gasteiger partial charge in [0.25, 0.3) is 0 Å². The Morgan fingerprint density at radius 3 is 2.86 bits per heavy atom. The third kappa shape index (κ3) is 6.56. The van der Waals surface area contributed by atoms with Crippen molar-refractivity contribution in [2.24, 2.45) is 4.99 Å². The number of ether oxygens (including phenoxy) is 1. The van der Waals surface area contributed by atoms with Gasteiger partial charge in [0.05, 0.1) is 6.54 Å². The van der Waals surface area contributed by atoms with Crippen LogP contribution in [0.4, 0.5) is 5.69 Å². The second-order valence-electron chi connectivity index (χ2n) is 6.20. The number of rotatable bonds is 6. The van der Waals surface area contributed by atoms with Gasteiger partial charge in [-0.05, 0) is 47.9 Å². The molecule has 150 valence electrons. The van der Waals surface area contributed by atoms with E-state index in [1.165, 1.54) is 0 Å². The molecule has 1 aliphatic heterocycles. The molecule has 1 aliphatic rings. The molecule has 0 aliphatic carbocycles. The van der Waals surface area contributed by atoms with Gasteiger partial charge in [0.2, 0.25) is 5.91 Å². The summed E-state index contributed by atoms with van der Waals surface area (Å²) in [5.74, 6) is 1.57. The highest BCUT2D eigenvalue weighted by atomic mass is 127. The third-order valence-electron chi connectivity index (χ3n) is 4.21. The first-order valence-electron chi connectivity index (χ1n) is 8.88. The van der Waals surface area contributed by atoms with Gasteiger partial charge in [0.1, 0.15) is 12.4 Å². The van der Waals surface area contributed by atoms with Crippen molar-refractivity contribution in [1.82, 2.24) is 10.6 Å². The van der Waals surface area contributed by atoms with Gasteiger partial charge >= 0.3 is 0 Å². The number of nitrogens with one attached hydrogen (secondary N) is 3. The Hall–Kier alpha value is -2.00. The largest absolute Gasteiger partial charge is 0.492 e. The molecule has 0 atom stereocenters. The lowest BCUT2D eigenvalue weighted by Gasteiger charge is -2.18. The van der Waals surface area contributed by atoms with Crippen LogP contribution in [0.2, 0.25) is 5.02 Å². The van der Waals surface area contributed by atoms with E-state index >= 15 is 0 Å². The Kier molecular flexibility index (Phi) is 8.85. The number of aliphatic imine (C=N–C) groups is 1. The number of anilines is 1. The van der Waals surface area contributed by atoms with Crippen LogP contribution in [0.3, 0.4) is 0 Å². The topological polar surface area (TPSA) is 74.8 Å². The van der Waals surface area contributed by atoms with Crippen LogP contribution in [0, 0.1) is 0 Å². The summed E-state index contributed by atoms with van der Waals surface area (Å²) >= 11 is 6.00. The Morgan fingerprint density at radius 1 is 1.21 bits per heavy atom. The van der Waals surface area contributed by atoms with Crippen molar-refractivity contribution in [3.8, 4) is 5.75 Å². The predicted octanol–water partition coefficient (Wildman–Crippen LogP) is 3.59. The third-order valence-corrected chi connectivity index (χ3v) is 4.44. The number of guanidine groups is 1. The number of aryl methyl sites for hydroxylation is 1. The molecule has 0 radical (unpaired) electrons. The average molecular weight is 515 g/mol. The van der Waals surface area contributed by atoms with Crippen LogP contribution in [0.1, 0.15) is 17.5 Å². The number of fused-ring (bicyclic) bond motifs is 1. The van der Waals surface area contributed by atoms with Crippen molar-refractivity contribution in [2.75, 3.05) is 25.5 Å². The molecule has 0 spiro atoms. The monoisotopic (exact) mass is 514 g/mol. The summed E-state index contributed by atoms with van der Waals surface area (Å²) in [5.41, 5.74) is 3.07. The van der Waals surface area contributed by atoms with Crippen molar-refractivity contribution in [2.45, 2.75) is 19.4 Å². The quantitative estimate of drug-likeness (QED) is 0.238. The molecule has 28 heavy (non-hydrogen) atoms. The van der Waals surface area contributed by atoms with E-state index in [9.17, 15) is 4.79 Å². The highest BCUT2D eigenvalue weighted by Crippen LogP contribution is 2.26. The zero-order valence-corrected chi connectivity index (χ0v) is 18.7. The van der Waals surface area contributed by atoms with Crippen LogP contribution < -0.4 is 20.7 Å². The number of carbonyl (C=O) groups is 1. The van der Waals surface area contributed by atoms with Crippen LogP contribution in [-0.4, -0.2) is 32.1 Å². The van der Waals surface area contributed by atoms with Gasteiger partial charge in [-0.15, -0.1) is 24.0 Å². The minimum Gasteiger partial charge on any atom is -0.492 e. The Bertz CT molecular complexity index is 845. The van der Waals surface area contributed by atoms with E-state index in [0.29, 0.717) is 32.1 Å². The second kappa shape index (κ2) is 11.1. The van der Waals surface area contributed by atoms with Gasteiger partial charge in [-0.25, -0.2) is 0 Å². The molecule has 2 aromatic carbocycles. The van der Waals surface area contributed by atoms with E-state index < -0.39 is 0 Å². The molecule has 0 unspecified atom stereocenters. The van der Waals surface area contributed by atoms with E-state index in [1.807, 2.05) is 42.5 Å². The number of nitrogens with zero attached hydrogens (tertiary/aromatic N) is 1. The minimum atomic E-state index is 0. The normalized spacial score (nSPS) is 13.1. The summed E-state index contributed by atoms with van der Waals surface area (Å²) < 4.78 is 5.80. The maximum Gasteiger partial charge on any atom is 0.224 e. The molecule has 2 aromatic rings. The Morgan fingerprint density at radius 2 is 2.07 bits per heavy atom. The van der Waals surface area contributed by atoms with Crippen LogP contribution in [0.25, 0.3) is 0 Å². The molecule has 0 bridgehead atoms. The lowest BCUT2D eigenvalue weighted by atomic mass is 10.0. The van der Waals surface area contributed by atoms with Gasteiger partial charge in [-0.3, -0.25) is 9.79 Å². The van der Waals surface area contributed by atoms with Crippen molar-refractivity contribution in [3.05, 3.63) is 58.6 Å². The molecule has 0 fully saturated rings. The lowest BCUT2D eigenvalue weighted by molar-refractivity contribution is -0.116. The summed E-state index contributed by atoms with van der Waals surface area (Å²) in [5, 5.41) is 10.0. The number of amides is 1. The fourth-order valence-corrected chi connectivity index (χ4v) is 3.05. The van der Waals surface area contributed by atoms with Crippen LogP contribution in [-0.2, 0) is 17.8 Å². The Labute approximate surface area is 187 Å². The number of carbonyl (C=O) groups excluding carboxylic acids is 1. The number of benzene rings is 2. The second-order valence-corrected chi connectivity index (χ2v) is 6.63. The highest BCUT2D eigenvalue weighted by Gasteiger charge is 2.14. The van der Waals surface area contributed by atoms with Gasteiger partial charge in [-0.1, -0.05) is 23.7 Å². The maximum absolute atomic E-state index is 11.4. The molecule has 3 rings (SSSR count). The van der Waals surface area contributed by atoms with E-state index in [-0.39, 0.29) is 29.9 Å². The lowest BCUT2D eigenvalue weighted by Crippen LogP contribution is -2.38. The molecule has 6 nitrogen and oxygen atoms in total. The molecular weight excluding hydrogens is 491 g/mol. The number of hydrogen-bond acceptors (Lipinski definition) is 3. The fraction of sp³-hybridized carbons (Fsp3) is 0.300. The smallest absolute Gasteiger partial charge is 0.224 e. The van der Waals surface area contributed by atoms with Crippen molar-refractivity contribution in [1.29, 1.82) is 0 Å². The first-order chi connectivity index (χ1) is 13.1. The maximum atomic E-state index is 11.4. The molecule has 0 aromatic heterocycles. The van der Waals surface area contributed by atoms with Gasteiger partial charge < -0.3 is 20.7 Å². The van der Waals surface area contributed by atoms with Gasteiger partial charge in [0.15, 0.2) is 5.96 Å². The van der Waals surface area contributed by atoms with Crippen molar-refractivity contribution in [3.63, 3.8) is 0 Å². The zero-order chi connectivity index (χ0) is 19.1. The Balaban J connectivity index is 0.00000280. The van der Waals surface area contributed by atoms with Crippen LogP contribution in [0.15, 0.2) is 47.5 Å². The summed E-state index contributed by atoms with van der Waals surface area (Å²) in [6, 6.07) is 13.5. The number of halogens is 2. The highest BCUT2D eigenvalue weighted by molar-refractivity contribution is 14.0. The van der Waals surface area contributed by atoms with Crippen molar-refractivity contribution < 1.29 is 9.53 Å². The fourth-order valence-electron chi connectivity index (χ4n) is 2.84. The first-order valence-corrected chi connectivity index (χ1v) is 9.26. The first kappa shape index (κ1) is 22.3. The molecule has 8 heteroatoms. The summed E-state index contributed by atoms with van der Waals surface area (Å²) in [7, 11) is 1.73. The number of hydrogen-bond donors (Lipinski definition) is 3. The standard InChI is InChI=1S/C20H23ClN4O2.HI/c1-22-20(24-13-14-3-2-4-16(21)11-14)23-9-10-27-17-6-7-18-15(12-17)5-8-19(26)25-18;/h2-4,6-7,11-12H,5,8-10,13H2,1H3,(H,25,26)(H2,22,23,24);1H. The molecular formula is C20H24ClIN4O2. The van der Waals surface area contributed by atoms with E-state index in [0.717, 1.165) is 34.0 Å². The molecule has 0 saturated heterocycles. The molecule has 3 N–H and O–H groups in total. The minimum absolute atomic E-state index is 0. The summed E-state index contributed by atoms with van der Waals surface area (Å²) in [4.78, 5) is 15.6. The predicted molar refractivity (Wildman–Crippen MR) is 124 cm³/mol. The summed E-state index contributed by atoms with van der Waals surface area (Å²) in [6.45, 7) is 1.75. The van der Waals surface area contributed by atoms with Gasteiger partial charge in [0, 0.05) is 30.7 Å². The van der Waals surface area contributed by atoms with E-state index in [2.05, 4.69) is 20.9 Å². The molecule has 0 saturated carbocycles. The van der Waals surface area contributed by atoms with E-state index in [4.69, 9.17) is 16.3 Å². The van der Waals surface area contributed by atoms with Crippen LogP contribution >= 0.6 is 35.6 Å². The molecule has 1 heterocycles. The van der Waals surface area contributed by atoms with Crippen molar-refractivity contribution >= 4 is 53.1 Å². The summed E-state index contributed by atoms with van der Waals surface area (Å²) in [6.07, 6.45) is 1.27. The SMILES string of the molecule is CN=C(NCCOc1ccc2c(c1)CCC(=O)N2)NCc1cccc(Cl)c1.I. The zero-order valence-electron chi connectivity index (χ0n) is 15.6. The van der Waals surface area contributed by atoms with Crippen LogP contribution in [0.5, 0.6) is 5.75 Å².